The maximum Gasteiger partial charge on any atom is 0.356 e. The van der Waals surface area contributed by atoms with Gasteiger partial charge < -0.3 is 9.47 Å². The number of aryl methyl sites for hydroxylation is 1. The van der Waals surface area contributed by atoms with E-state index in [1.807, 2.05) is 19.1 Å². The van der Waals surface area contributed by atoms with Crippen LogP contribution in [0.4, 0.5) is 0 Å². The van der Waals surface area contributed by atoms with Crippen LogP contribution in [0, 0.1) is 6.92 Å². The second-order valence-electron chi connectivity index (χ2n) is 5.78. The topological polar surface area (TPSA) is 52.6 Å². The predicted octanol–water partition coefficient (Wildman–Crippen LogP) is 3.73. The average Bonchev–Trinajstić information content (AvgIpc) is 2.51. The molecule has 23 heavy (non-hydrogen) atoms. The molecule has 0 N–H and O–H groups in total. The number of hydrogen-bond acceptors (Lipinski definition) is 4. The standard InChI is InChI=1S/C18H15ClO4/c1-11-7-8-14(19)15(9-11)22-17(21)18(2)10-12-5-3-4-6-13(12)16(20)23-18/h3-9H,10H2,1-2H3. The van der Waals surface area contributed by atoms with Gasteiger partial charge >= 0.3 is 11.9 Å². The molecule has 5 heteroatoms. The lowest BCUT2D eigenvalue weighted by atomic mass is 9.90. The summed E-state index contributed by atoms with van der Waals surface area (Å²) in [6.07, 6.45) is 0.261. The van der Waals surface area contributed by atoms with Crippen LogP contribution in [0.5, 0.6) is 5.75 Å². The maximum absolute atomic E-state index is 12.6. The first-order valence-electron chi connectivity index (χ1n) is 7.19. The van der Waals surface area contributed by atoms with E-state index in [9.17, 15) is 9.59 Å². The van der Waals surface area contributed by atoms with Gasteiger partial charge in [0.25, 0.3) is 0 Å². The molecular weight excluding hydrogens is 316 g/mol. The lowest BCUT2D eigenvalue weighted by Crippen LogP contribution is -2.48. The molecule has 0 fully saturated rings. The van der Waals surface area contributed by atoms with E-state index >= 15 is 0 Å². The number of halogens is 1. The highest BCUT2D eigenvalue weighted by Crippen LogP contribution is 2.32. The number of fused-ring (bicyclic) bond motifs is 1. The summed E-state index contributed by atoms with van der Waals surface area (Å²) in [7, 11) is 0. The van der Waals surface area contributed by atoms with E-state index in [2.05, 4.69) is 0 Å². The first-order valence-corrected chi connectivity index (χ1v) is 7.56. The Kier molecular flexibility index (Phi) is 3.86. The van der Waals surface area contributed by atoms with E-state index in [0.717, 1.165) is 11.1 Å². The molecule has 0 aromatic heterocycles. The first kappa shape index (κ1) is 15.6. The molecule has 3 rings (SSSR count). The van der Waals surface area contributed by atoms with Gasteiger partial charge in [-0.1, -0.05) is 35.9 Å². The number of carbonyl (C=O) groups is 2. The number of carbonyl (C=O) groups excluding carboxylic acids is 2. The zero-order chi connectivity index (χ0) is 16.6. The van der Waals surface area contributed by atoms with E-state index in [0.29, 0.717) is 10.6 Å². The Hall–Kier alpha value is -2.33. The molecule has 118 valence electrons. The summed E-state index contributed by atoms with van der Waals surface area (Å²) in [5.74, 6) is -0.915. The maximum atomic E-state index is 12.6. The van der Waals surface area contributed by atoms with Crippen LogP contribution in [0.2, 0.25) is 5.02 Å². The second kappa shape index (κ2) is 5.70. The lowest BCUT2D eigenvalue weighted by Gasteiger charge is -2.32. The molecular formula is C18H15ClO4. The summed E-state index contributed by atoms with van der Waals surface area (Å²) in [6.45, 7) is 3.42. The molecule has 2 aromatic rings. The summed E-state index contributed by atoms with van der Waals surface area (Å²) in [5, 5.41) is 0.329. The largest absolute Gasteiger partial charge is 0.443 e. The fraction of sp³-hybridized carbons (Fsp3) is 0.222. The molecule has 0 saturated carbocycles. The van der Waals surface area contributed by atoms with Crippen LogP contribution in [0.3, 0.4) is 0 Å². The van der Waals surface area contributed by atoms with Crippen molar-refractivity contribution in [2.45, 2.75) is 25.9 Å². The number of rotatable bonds is 2. The monoisotopic (exact) mass is 330 g/mol. The van der Waals surface area contributed by atoms with Gasteiger partial charge in [-0.15, -0.1) is 0 Å². The van der Waals surface area contributed by atoms with Crippen LogP contribution >= 0.6 is 11.6 Å². The molecule has 0 spiro atoms. The van der Waals surface area contributed by atoms with E-state index in [1.165, 1.54) is 0 Å². The van der Waals surface area contributed by atoms with E-state index in [4.69, 9.17) is 21.1 Å². The van der Waals surface area contributed by atoms with Gasteiger partial charge in [-0.05, 0) is 43.2 Å². The van der Waals surface area contributed by atoms with E-state index in [1.54, 1.807) is 37.3 Å². The van der Waals surface area contributed by atoms with Crippen LogP contribution in [-0.4, -0.2) is 17.5 Å². The Balaban J connectivity index is 1.88. The fourth-order valence-corrected chi connectivity index (χ4v) is 2.70. The number of esters is 2. The summed E-state index contributed by atoms with van der Waals surface area (Å²) in [6, 6.07) is 12.2. The second-order valence-corrected chi connectivity index (χ2v) is 6.18. The Morgan fingerprint density at radius 1 is 1.26 bits per heavy atom. The third-order valence-corrected chi connectivity index (χ3v) is 4.12. The van der Waals surface area contributed by atoms with E-state index < -0.39 is 17.5 Å². The summed E-state index contributed by atoms with van der Waals surface area (Å²) in [4.78, 5) is 24.7. The van der Waals surface area contributed by atoms with Crippen LogP contribution in [0.15, 0.2) is 42.5 Å². The van der Waals surface area contributed by atoms with Crippen molar-refractivity contribution in [2.24, 2.45) is 0 Å². The molecule has 4 nitrogen and oxygen atoms in total. The lowest BCUT2D eigenvalue weighted by molar-refractivity contribution is -0.154. The van der Waals surface area contributed by atoms with Crippen LogP contribution < -0.4 is 4.74 Å². The van der Waals surface area contributed by atoms with Gasteiger partial charge in [0.05, 0.1) is 10.6 Å². The molecule has 1 unspecified atom stereocenters. The third-order valence-electron chi connectivity index (χ3n) is 3.80. The van der Waals surface area contributed by atoms with Gasteiger partial charge in [-0.25, -0.2) is 9.59 Å². The van der Waals surface area contributed by atoms with Crippen molar-refractivity contribution in [3.05, 3.63) is 64.2 Å². The van der Waals surface area contributed by atoms with Gasteiger partial charge in [0.1, 0.15) is 5.75 Å². The minimum absolute atomic E-state index is 0.257. The van der Waals surface area contributed by atoms with Crippen LogP contribution in [-0.2, 0) is 16.0 Å². The van der Waals surface area contributed by atoms with Crippen molar-refractivity contribution in [1.82, 2.24) is 0 Å². The molecule has 0 radical (unpaired) electrons. The number of cyclic esters (lactones) is 1. The van der Waals surface area contributed by atoms with Crippen molar-refractivity contribution in [3.8, 4) is 5.75 Å². The average molecular weight is 331 g/mol. The summed E-state index contributed by atoms with van der Waals surface area (Å²) in [5.41, 5.74) is 0.775. The van der Waals surface area contributed by atoms with Gasteiger partial charge in [-0.3, -0.25) is 0 Å². The van der Waals surface area contributed by atoms with Crippen molar-refractivity contribution in [2.75, 3.05) is 0 Å². The molecule has 1 aliphatic rings. The highest BCUT2D eigenvalue weighted by Gasteiger charge is 2.44. The smallest absolute Gasteiger partial charge is 0.356 e. The number of ether oxygens (including phenoxy) is 2. The van der Waals surface area contributed by atoms with Crippen LogP contribution in [0.25, 0.3) is 0 Å². The van der Waals surface area contributed by atoms with Crippen LogP contribution in [0.1, 0.15) is 28.4 Å². The van der Waals surface area contributed by atoms with Crippen molar-refractivity contribution < 1.29 is 19.1 Å². The van der Waals surface area contributed by atoms with Gasteiger partial charge in [0.2, 0.25) is 5.60 Å². The van der Waals surface area contributed by atoms with Crippen molar-refractivity contribution in [1.29, 1.82) is 0 Å². The SMILES string of the molecule is Cc1ccc(Cl)c(OC(=O)C2(C)Cc3ccccc3C(=O)O2)c1. The van der Waals surface area contributed by atoms with E-state index in [-0.39, 0.29) is 12.2 Å². The minimum Gasteiger partial charge on any atom is -0.443 e. The molecule has 0 aliphatic carbocycles. The molecule has 1 heterocycles. The number of benzene rings is 2. The summed E-state index contributed by atoms with van der Waals surface area (Å²) >= 11 is 6.05. The molecule has 2 aromatic carbocycles. The quantitative estimate of drug-likeness (QED) is 0.622. The zero-order valence-electron chi connectivity index (χ0n) is 12.8. The summed E-state index contributed by atoms with van der Waals surface area (Å²) < 4.78 is 10.7. The molecule has 0 bridgehead atoms. The Morgan fingerprint density at radius 3 is 2.78 bits per heavy atom. The first-order chi connectivity index (χ1) is 10.9. The highest BCUT2D eigenvalue weighted by atomic mass is 35.5. The molecule has 1 aliphatic heterocycles. The highest BCUT2D eigenvalue weighted by molar-refractivity contribution is 6.32. The molecule has 0 saturated heterocycles. The number of hydrogen-bond donors (Lipinski definition) is 0. The fourth-order valence-electron chi connectivity index (χ4n) is 2.54. The minimum atomic E-state index is -1.38. The van der Waals surface area contributed by atoms with Gasteiger partial charge in [0.15, 0.2) is 0 Å². The molecule has 0 amide bonds. The third kappa shape index (κ3) is 2.94. The van der Waals surface area contributed by atoms with Gasteiger partial charge in [-0.2, -0.15) is 0 Å². The van der Waals surface area contributed by atoms with Gasteiger partial charge in [0, 0.05) is 6.42 Å². The molecule has 1 atom stereocenters. The Bertz CT molecular complexity index is 799. The van der Waals surface area contributed by atoms with Crippen molar-refractivity contribution >= 4 is 23.5 Å². The normalized spacial score (nSPS) is 19.7. The predicted molar refractivity (Wildman–Crippen MR) is 85.8 cm³/mol. The Labute approximate surface area is 139 Å². The Morgan fingerprint density at radius 2 is 2.00 bits per heavy atom. The zero-order valence-corrected chi connectivity index (χ0v) is 13.5. The van der Waals surface area contributed by atoms with Crippen molar-refractivity contribution in [3.63, 3.8) is 0 Å².